The first-order valence-corrected chi connectivity index (χ1v) is 3.43. The lowest BCUT2D eigenvalue weighted by Crippen LogP contribution is -2.15. The minimum Gasteiger partial charge on any atom is -0.481 e. The van der Waals surface area contributed by atoms with Gasteiger partial charge in [-0.05, 0) is 0 Å². The number of aromatic nitrogens is 3. The molecule has 6 nitrogen and oxygen atoms in total. The number of hydrogen-bond acceptors (Lipinski definition) is 4. The van der Waals surface area contributed by atoms with Crippen LogP contribution in [0.25, 0.3) is 0 Å². The molecule has 0 radical (unpaired) electrons. The van der Waals surface area contributed by atoms with Gasteiger partial charge in [-0.25, -0.2) is 0 Å². The van der Waals surface area contributed by atoms with Crippen molar-refractivity contribution in [1.82, 2.24) is 15.0 Å². The van der Waals surface area contributed by atoms with E-state index >= 15 is 0 Å². The van der Waals surface area contributed by atoms with Crippen molar-refractivity contribution in [3.8, 4) is 0 Å². The maximum atomic E-state index is 10.3. The van der Waals surface area contributed by atoms with Crippen LogP contribution in [0.15, 0.2) is 6.20 Å². The smallest absolute Gasteiger partial charge is 0.305 e. The number of rotatable bonds is 3. The van der Waals surface area contributed by atoms with E-state index in [-0.39, 0.29) is 6.42 Å². The van der Waals surface area contributed by atoms with E-state index in [2.05, 4.69) is 10.2 Å². The fraction of sp³-hybridized carbons (Fsp3) is 0.500. The van der Waals surface area contributed by atoms with E-state index < -0.39 is 12.0 Å². The quantitative estimate of drug-likeness (QED) is 0.624. The zero-order valence-corrected chi connectivity index (χ0v) is 6.64. The van der Waals surface area contributed by atoms with E-state index in [1.807, 2.05) is 0 Å². The fourth-order valence-electron chi connectivity index (χ4n) is 0.824. The molecule has 0 saturated heterocycles. The minimum absolute atomic E-state index is 0.126. The van der Waals surface area contributed by atoms with Gasteiger partial charge in [0, 0.05) is 7.05 Å². The first kappa shape index (κ1) is 8.66. The molecule has 0 aromatic carbocycles. The van der Waals surface area contributed by atoms with Crippen LogP contribution < -0.4 is 5.73 Å². The predicted molar refractivity (Wildman–Crippen MR) is 40.2 cm³/mol. The molecule has 12 heavy (non-hydrogen) atoms. The second-order valence-corrected chi connectivity index (χ2v) is 2.46. The standard InChI is InChI=1S/C6H10N4O2/c1-10-8-3-5(9-10)4(7)2-6(11)12/h3-4H,2,7H2,1H3,(H,11,12)/t4-/m0/s1. The second kappa shape index (κ2) is 3.31. The van der Waals surface area contributed by atoms with Gasteiger partial charge in [0.25, 0.3) is 0 Å². The topological polar surface area (TPSA) is 94.0 Å². The van der Waals surface area contributed by atoms with Crippen LogP contribution in [0.1, 0.15) is 18.2 Å². The van der Waals surface area contributed by atoms with Crippen LogP contribution in [0.5, 0.6) is 0 Å². The molecule has 6 heteroatoms. The van der Waals surface area contributed by atoms with Gasteiger partial charge in [0.05, 0.1) is 24.4 Å². The Hall–Kier alpha value is -1.43. The average Bonchev–Trinajstić information content (AvgIpc) is 2.34. The number of nitrogens with zero attached hydrogens (tertiary/aromatic N) is 3. The number of hydrogen-bond donors (Lipinski definition) is 2. The third-order valence-electron chi connectivity index (χ3n) is 1.39. The number of carboxylic acid groups (broad SMARTS) is 1. The van der Waals surface area contributed by atoms with Crippen LogP contribution in [0.2, 0.25) is 0 Å². The van der Waals surface area contributed by atoms with Crippen molar-refractivity contribution in [2.45, 2.75) is 12.5 Å². The zero-order valence-electron chi connectivity index (χ0n) is 6.64. The lowest BCUT2D eigenvalue weighted by atomic mass is 10.2. The predicted octanol–water partition coefficient (Wildman–Crippen LogP) is -0.710. The summed E-state index contributed by atoms with van der Waals surface area (Å²) >= 11 is 0. The Bertz CT molecular complexity index is 283. The maximum Gasteiger partial charge on any atom is 0.305 e. The second-order valence-electron chi connectivity index (χ2n) is 2.46. The van der Waals surface area contributed by atoms with E-state index in [0.29, 0.717) is 5.69 Å². The van der Waals surface area contributed by atoms with Gasteiger partial charge in [-0.3, -0.25) is 4.79 Å². The summed E-state index contributed by atoms with van der Waals surface area (Å²) in [6.45, 7) is 0. The van der Waals surface area contributed by atoms with E-state index in [1.165, 1.54) is 11.0 Å². The minimum atomic E-state index is -0.937. The van der Waals surface area contributed by atoms with E-state index in [4.69, 9.17) is 10.8 Å². The van der Waals surface area contributed by atoms with Crippen molar-refractivity contribution in [1.29, 1.82) is 0 Å². The number of carboxylic acids is 1. The fourth-order valence-corrected chi connectivity index (χ4v) is 0.824. The third kappa shape index (κ3) is 2.03. The van der Waals surface area contributed by atoms with Gasteiger partial charge in [0.15, 0.2) is 0 Å². The van der Waals surface area contributed by atoms with Crippen LogP contribution in [-0.4, -0.2) is 26.1 Å². The summed E-state index contributed by atoms with van der Waals surface area (Å²) in [6.07, 6.45) is 1.34. The Kier molecular flexibility index (Phi) is 2.39. The van der Waals surface area contributed by atoms with Gasteiger partial charge in [0.1, 0.15) is 0 Å². The summed E-state index contributed by atoms with van der Waals surface area (Å²) < 4.78 is 0. The monoisotopic (exact) mass is 170 g/mol. The largest absolute Gasteiger partial charge is 0.481 e. The summed E-state index contributed by atoms with van der Waals surface area (Å²) in [4.78, 5) is 11.6. The van der Waals surface area contributed by atoms with Crippen LogP contribution >= 0.6 is 0 Å². The van der Waals surface area contributed by atoms with Gasteiger partial charge in [0.2, 0.25) is 0 Å². The van der Waals surface area contributed by atoms with E-state index in [9.17, 15) is 4.79 Å². The molecule has 1 rings (SSSR count). The van der Waals surface area contributed by atoms with Crippen molar-refractivity contribution in [3.63, 3.8) is 0 Å². The van der Waals surface area contributed by atoms with Gasteiger partial charge in [-0.2, -0.15) is 15.0 Å². The summed E-state index contributed by atoms with van der Waals surface area (Å²) in [5.41, 5.74) is 6.01. The molecule has 0 spiro atoms. The van der Waals surface area contributed by atoms with E-state index in [0.717, 1.165) is 0 Å². The molecule has 0 fully saturated rings. The normalized spacial score (nSPS) is 12.8. The molecule has 1 heterocycles. The van der Waals surface area contributed by atoms with Crippen molar-refractivity contribution in [3.05, 3.63) is 11.9 Å². The Morgan fingerprint density at radius 2 is 2.58 bits per heavy atom. The van der Waals surface area contributed by atoms with Gasteiger partial charge in [-0.15, -0.1) is 0 Å². The van der Waals surface area contributed by atoms with Crippen LogP contribution in [0.4, 0.5) is 0 Å². The van der Waals surface area contributed by atoms with Gasteiger partial charge < -0.3 is 10.8 Å². The summed E-state index contributed by atoms with van der Waals surface area (Å²) in [5, 5.41) is 16.1. The van der Waals surface area contributed by atoms with E-state index in [1.54, 1.807) is 7.05 Å². The number of aryl methyl sites for hydroxylation is 1. The van der Waals surface area contributed by atoms with Crippen LogP contribution in [-0.2, 0) is 11.8 Å². The molecule has 3 N–H and O–H groups in total. The molecule has 0 aliphatic heterocycles. The van der Waals surface area contributed by atoms with Gasteiger partial charge in [-0.1, -0.05) is 0 Å². The summed E-state index contributed by atoms with van der Waals surface area (Å²) in [6, 6.07) is -0.573. The first-order chi connectivity index (χ1) is 5.59. The lowest BCUT2D eigenvalue weighted by Gasteiger charge is -2.02. The number of nitrogens with two attached hydrogens (primary N) is 1. The molecular weight excluding hydrogens is 160 g/mol. The molecule has 0 aliphatic rings. The van der Waals surface area contributed by atoms with Gasteiger partial charge >= 0.3 is 5.97 Å². The summed E-state index contributed by atoms with van der Waals surface area (Å²) in [5.74, 6) is -0.937. The Balaban J connectivity index is 2.64. The Labute approximate surface area is 69.0 Å². The van der Waals surface area contributed by atoms with Crippen LogP contribution in [0, 0.1) is 0 Å². The highest BCUT2D eigenvalue weighted by atomic mass is 16.4. The number of aliphatic carboxylic acids is 1. The SMILES string of the molecule is Cn1ncc([C@@H](N)CC(=O)O)n1. The highest BCUT2D eigenvalue weighted by Crippen LogP contribution is 2.08. The van der Waals surface area contributed by atoms with Crippen LogP contribution in [0.3, 0.4) is 0 Å². The molecule has 1 atom stereocenters. The molecule has 0 aliphatic carbocycles. The average molecular weight is 170 g/mol. The molecule has 0 unspecified atom stereocenters. The number of carbonyl (C=O) groups is 1. The molecule has 0 saturated carbocycles. The molecule has 66 valence electrons. The van der Waals surface area contributed by atoms with Crippen molar-refractivity contribution < 1.29 is 9.90 Å². The molecular formula is C6H10N4O2. The van der Waals surface area contributed by atoms with Crippen molar-refractivity contribution in [2.24, 2.45) is 12.8 Å². The maximum absolute atomic E-state index is 10.3. The van der Waals surface area contributed by atoms with Crippen molar-refractivity contribution in [2.75, 3.05) is 0 Å². The molecule has 0 bridgehead atoms. The summed E-state index contributed by atoms with van der Waals surface area (Å²) in [7, 11) is 1.65. The highest BCUT2D eigenvalue weighted by molar-refractivity contribution is 5.67. The first-order valence-electron chi connectivity index (χ1n) is 3.43. The molecule has 0 amide bonds. The van der Waals surface area contributed by atoms with Crippen molar-refractivity contribution >= 4 is 5.97 Å². The zero-order chi connectivity index (χ0) is 9.14. The Morgan fingerprint density at radius 1 is 1.92 bits per heavy atom. The highest BCUT2D eigenvalue weighted by Gasteiger charge is 2.13. The lowest BCUT2D eigenvalue weighted by molar-refractivity contribution is -0.137. The molecule has 1 aromatic heterocycles. The Morgan fingerprint density at radius 3 is 3.00 bits per heavy atom. The third-order valence-corrected chi connectivity index (χ3v) is 1.39. The molecule has 1 aromatic rings.